The van der Waals surface area contributed by atoms with Gasteiger partial charge < -0.3 is 15.0 Å². The van der Waals surface area contributed by atoms with E-state index in [1.165, 1.54) is 5.56 Å². The Bertz CT molecular complexity index is 536. The molecular weight excluding hydrogens is 288 g/mol. The molecule has 4 nitrogen and oxygen atoms in total. The van der Waals surface area contributed by atoms with Gasteiger partial charge in [0.05, 0.1) is 0 Å². The van der Waals surface area contributed by atoms with Crippen molar-refractivity contribution in [2.24, 2.45) is 0 Å². The molecule has 1 heterocycles. The van der Waals surface area contributed by atoms with Gasteiger partial charge in [0.1, 0.15) is 5.60 Å². The maximum Gasteiger partial charge on any atom is 0.410 e. The minimum absolute atomic E-state index is 0.117. The zero-order valence-electron chi connectivity index (χ0n) is 14.5. The van der Waals surface area contributed by atoms with Crippen LogP contribution in [0.25, 0.3) is 0 Å². The first-order valence-corrected chi connectivity index (χ1v) is 8.21. The van der Waals surface area contributed by atoms with Crippen LogP contribution in [0.4, 0.5) is 4.79 Å². The summed E-state index contributed by atoms with van der Waals surface area (Å²) < 4.78 is 5.49. The average Bonchev–Trinajstić information content (AvgIpc) is 2.90. The lowest BCUT2D eigenvalue weighted by molar-refractivity contribution is 0.0280. The molecule has 0 radical (unpaired) electrons. The van der Waals surface area contributed by atoms with Crippen LogP contribution >= 0.6 is 0 Å². The summed E-state index contributed by atoms with van der Waals surface area (Å²) in [4.78, 5) is 14.1. The molecule has 23 heavy (non-hydrogen) atoms. The van der Waals surface area contributed by atoms with Gasteiger partial charge in [-0.25, -0.2) is 4.79 Å². The molecule has 1 atom stereocenters. The largest absolute Gasteiger partial charge is 0.444 e. The first-order valence-electron chi connectivity index (χ1n) is 8.21. The molecule has 126 valence electrons. The van der Waals surface area contributed by atoms with Crippen molar-refractivity contribution in [3.05, 3.63) is 48.6 Å². The molecule has 1 N–H and O–H groups in total. The highest BCUT2D eigenvalue weighted by molar-refractivity contribution is 5.68. The molecule has 0 bridgehead atoms. The Labute approximate surface area is 139 Å². The minimum atomic E-state index is -0.460. The lowest BCUT2D eigenvalue weighted by Crippen LogP contribution is -2.48. The molecule has 4 heteroatoms. The second kappa shape index (κ2) is 7.18. The van der Waals surface area contributed by atoms with Gasteiger partial charge in [0.15, 0.2) is 0 Å². The predicted molar refractivity (Wildman–Crippen MR) is 93.3 cm³/mol. The van der Waals surface area contributed by atoms with E-state index in [0.717, 1.165) is 19.4 Å². The van der Waals surface area contributed by atoms with Crippen molar-refractivity contribution in [1.82, 2.24) is 10.2 Å². The molecule has 1 aliphatic heterocycles. The molecule has 0 saturated carbocycles. The van der Waals surface area contributed by atoms with Crippen LogP contribution in [-0.2, 0) is 11.3 Å². The third-order valence-corrected chi connectivity index (χ3v) is 4.05. The number of rotatable bonds is 5. The van der Waals surface area contributed by atoms with Crippen molar-refractivity contribution in [2.75, 3.05) is 13.1 Å². The summed E-state index contributed by atoms with van der Waals surface area (Å²) in [5.41, 5.74) is 0.666. The second-order valence-corrected chi connectivity index (χ2v) is 7.26. The molecule has 1 saturated heterocycles. The van der Waals surface area contributed by atoms with Crippen LogP contribution < -0.4 is 5.32 Å². The smallest absolute Gasteiger partial charge is 0.410 e. The summed E-state index contributed by atoms with van der Waals surface area (Å²) in [6, 6.07) is 10.3. The number of nitrogens with zero attached hydrogens (tertiary/aromatic N) is 1. The van der Waals surface area contributed by atoms with Crippen molar-refractivity contribution in [3.63, 3.8) is 0 Å². The Kier molecular flexibility index (Phi) is 5.47. The van der Waals surface area contributed by atoms with Crippen molar-refractivity contribution in [3.8, 4) is 0 Å². The molecule has 1 aromatic rings. The normalized spacial score (nSPS) is 21.3. The number of carbonyl (C=O) groups is 1. The number of nitrogens with one attached hydrogen (secondary N) is 1. The topological polar surface area (TPSA) is 41.6 Å². The first-order chi connectivity index (χ1) is 10.8. The molecule has 1 fully saturated rings. The van der Waals surface area contributed by atoms with Crippen LogP contribution in [0.2, 0.25) is 0 Å². The summed E-state index contributed by atoms with van der Waals surface area (Å²) in [6.07, 6.45) is 3.44. The van der Waals surface area contributed by atoms with Crippen LogP contribution in [0, 0.1) is 0 Å². The van der Waals surface area contributed by atoms with Gasteiger partial charge >= 0.3 is 6.09 Å². The van der Waals surface area contributed by atoms with Crippen LogP contribution in [0.5, 0.6) is 0 Å². The third kappa shape index (κ3) is 5.10. The van der Waals surface area contributed by atoms with Crippen molar-refractivity contribution >= 4 is 6.09 Å². The zero-order chi connectivity index (χ0) is 16.9. The lowest BCUT2D eigenvalue weighted by Gasteiger charge is -2.30. The second-order valence-electron chi connectivity index (χ2n) is 7.26. The van der Waals surface area contributed by atoms with Crippen LogP contribution in [0.3, 0.4) is 0 Å². The molecule has 0 aliphatic carbocycles. The number of ether oxygens (including phenoxy) is 1. The number of amides is 1. The minimum Gasteiger partial charge on any atom is -0.444 e. The fourth-order valence-corrected chi connectivity index (χ4v) is 2.90. The van der Waals surface area contributed by atoms with E-state index in [0.29, 0.717) is 13.1 Å². The van der Waals surface area contributed by atoms with Crippen LogP contribution in [-0.4, -0.2) is 35.2 Å². The molecule has 1 amide bonds. The van der Waals surface area contributed by atoms with Gasteiger partial charge in [-0.05, 0) is 39.2 Å². The summed E-state index contributed by atoms with van der Waals surface area (Å²) in [7, 11) is 0. The Morgan fingerprint density at radius 1 is 1.39 bits per heavy atom. The predicted octanol–water partition coefficient (Wildman–Crippen LogP) is 3.73. The van der Waals surface area contributed by atoms with Crippen molar-refractivity contribution < 1.29 is 9.53 Å². The molecule has 1 unspecified atom stereocenters. The van der Waals surface area contributed by atoms with E-state index in [-0.39, 0.29) is 11.6 Å². The maximum absolute atomic E-state index is 12.3. The highest BCUT2D eigenvalue weighted by Gasteiger charge is 2.40. The number of likely N-dealkylation sites (tertiary alicyclic amines) is 1. The van der Waals surface area contributed by atoms with Gasteiger partial charge in [0.25, 0.3) is 0 Å². The van der Waals surface area contributed by atoms with E-state index in [9.17, 15) is 4.79 Å². The SMILES string of the molecule is C=CCC1(NCc2ccccc2)CCN(C(=O)OC(C)(C)C)C1. The molecule has 0 aromatic heterocycles. The van der Waals surface area contributed by atoms with Gasteiger partial charge in [0.2, 0.25) is 0 Å². The van der Waals surface area contributed by atoms with E-state index in [1.807, 2.05) is 45.0 Å². The van der Waals surface area contributed by atoms with Gasteiger partial charge in [-0.3, -0.25) is 0 Å². The van der Waals surface area contributed by atoms with E-state index >= 15 is 0 Å². The van der Waals surface area contributed by atoms with Gasteiger partial charge in [-0.1, -0.05) is 36.4 Å². The standard InChI is InChI=1S/C19H28N2O2/c1-5-11-19(20-14-16-9-7-6-8-10-16)12-13-21(15-19)17(22)23-18(2,3)4/h5-10,20H,1,11-15H2,2-4H3. The van der Waals surface area contributed by atoms with E-state index in [4.69, 9.17) is 4.74 Å². The third-order valence-electron chi connectivity index (χ3n) is 4.05. The number of carbonyl (C=O) groups excluding carboxylic acids is 1. The highest BCUT2D eigenvalue weighted by Crippen LogP contribution is 2.27. The van der Waals surface area contributed by atoms with Crippen LogP contribution in [0.15, 0.2) is 43.0 Å². The molecule has 2 rings (SSSR count). The molecular formula is C19H28N2O2. The Morgan fingerprint density at radius 3 is 2.70 bits per heavy atom. The summed E-state index contributed by atoms with van der Waals surface area (Å²) in [5, 5.41) is 3.64. The Morgan fingerprint density at radius 2 is 2.09 bits per heavy atom. The number of benzene rings is 1. The lowest BCUT2D eigenvalue weighted by atomic mass is 9.93. The van der Waals surface area contributed by atoms with E-state index < -0.39 is 5.60 Å². The van der Waals surface area contributed by atoms with Crippen LogP contribution in [0.1, 0.15) is 39.2 Å². The van der Waals surface area contributed by atoms with E-state index in [2.05, 4.69) is 24.0 Å². The number of hydrogen-bond acceptors (Lipinski definition) is 3. The van der Waals surface area contributed by atoms with E-state index in [1.54, 1.807) is 4.90 Å². The first kappa shape index (κ1) is 17.5. The van der Waals surface area contributed by atoms with Crippen molar-refractivity contribution in [1.29, 1.82) is 0 Å². The maximum atomic E-state index is 12.3. The summed E-state index contributed by atoms with van der Waals surface area (Å²) >= 11 is 0. The highest BCUT2D eigenvalue weighted by atomic mass is 16.6. The fourth-order valence-electron chi connectivity index (χ4n) is 2.90. The monoisotopic (exact) mass is 316 g/mol. The Balaban J connectivity index is 1.99. The quantitative estimate of drug-likeness (QED) is 0.842. The zero-order valence-corrected chi connectivity index (χ0v) is 14.5. The molecule has 1 aliphatic rings. The summed E-state index contributed by atoms with van der Waals surface area (Å²) in [5.74, 6) is 0. The average molecular weight is 316 g/mol. The van der Waals surface area contributed by atoms with Gasteiger partial charge in [-0.15, -0.1) is 6.58 Å². The summed E-state index contributed by atoms with van der Waals surface area (Å²) in [6.45, 7) is 11.7. The fraction of sp³-hybridized carbons (Fsp3) is 0.526. The van der Waals surface area contributed by atoms with Gasteiger partial charge in [0, 0.05) is 25.2 Å². The number of hydrogen-bond donors (Lipinski definition) is 1. The molecule has 0 spiro atoms. The molecule has 1 aromatic carbocycles. The van der Waals surface area contributed by atoms with Crippen molar-refractivity contribution in [2.45, 2.75) is 51.3 Å². The van der Waals surface area contributed by atoms with Gasteiger partial charge in [-0.2, -0.15) is 0 Å². The Hall–Kier alpha value is -1.81.